The Kier molecular flexibility index (Phi) is 5.66. The summed E-state index contributed by atoms with van der Waals surface area (Å²) in [5.41, 5.74) is -1.27. The third kappa shape index (κ3) is 3.98. The molecule has 8 atom stereocenters. The molecule has 4 aliphatic heterocycles. The highest BCUT2D eigenvalue weighted by molar-refractivity contribution is 6.73. The van der Waals surface area contributed by atoms with Crippen molar-refractivity contribution in [1.82, 2.24) is 0 Å². The monoisotopic (exact) mass is 454 g/mol. The van der Waals surface area contributed by atoms with Crippen molar-refractivity contribution in [3.05, 3.63) is 12.7 Å². The molecule has 0 aromatic heterocycles. The van der Waals surface area contributed by atoms with Crippen LogP contribution in [0, 0.1) is 0 Å². The predicted octanol–water partition coefficient (Wildman–Crippen LogP) is 4.24. The smallest absolute Gasteiger partial charge is 0.349 e. The van der Waals surface area contributed by atoms with E-state index in [-0.39, 0.29) is 52.3 Å². The summed E-state index contributed by atoms with van der Waals surface area (Å²) in [6, 6.07) is 0. The Morgan fingerprint density at radius 2 is 1.61 bits per heavy atom. The molecule has 4 rings (SSSR count). The zero-order chi connectivity index (χ0) is 23.0. The third-order valence-corrected chi connectivity index (χ3v) is 13.0. The van der Waals surface area contributed by atoms with Crippen LogP contribution in [0.25, 0.3) is 0 Å². The van der Waals surface area contributed by atoms with Crippen molar-refractivity contribution >= 4 is 8.56 Å². The van der Waals surface area contributed by atoms with Crippen LogP contribution < -0.4 is 0 Å². The predicted molar refractivity (Wildman–Crippen MR) is 121 cm³/mol. The van der Waals surface area contributed by atoms with E-state index in [0.717, 1.165) is 6.42 Å². The van der Waals surface area contributed by atoms with E-state index in [2.05, 4.69) is 48.1 Å². The van der Waals surface area contributed by atoms with E-state index in [1.807, 2.05) is 19.9 Å². The number of aliphatic hydroxyl groups is 1. The van der Waals surface area contributed by atoms with E-state index in [4.69, 9.17) is 23.1 Å². The van der Waals surface area contributed by atoms with Crippen LogP contribution >= 0.6 is 0 Å². The second kappa shape index (κ2) is 7.36. The first-order valence-corrected chi connectivity index (χ1v) is 13.6. The maximum Gasteiger partial charge on any atom is 0.349 e. The van der Waals surface area contributed by atoms with Crippen LogP contribution in [0.5, 0.6) is 0 Å². The summed E-state index contributed by atoms with van der Waals surface area (Å²) in [6.45, 7) is 21.7. The van der Waals surface area contributed by atoms with Gasteiger partial charge >= 0.3 is 8.56 Å². The molecule has 0 bridgehead atoms. The molecule has 0 radical (unpaired) electrons. The van der Waals surface area contributed by atoms with Crippen LogP contribution in [-0.4, -0.2) is 68.1 Å². The van der Waals surface area contributed by atoms with Crippen LogP contribution in [0.1, 0.15) is 74.7 Å². The summed E-state index contributed by atoms with van der Waals surface area (Å²) in [5.74, 6) is 0. The molecule has 6 nitrogen and oxygen atoms in total. The molecule has 0 spiro atoms. The van der Waals surface area contributed by atoms with Gasteiger partial charge in [-0.25, -0.2) is 0 Å². The summed E-state index contributed by atoms with van der Waals surface area (Å²) in [7, 11) is -2.55. The molecule has 4 heterocycles. The zero-order valence-corrected chi connectivity index (χ0v) is 21.6. The fourth-order valence-electron chi connectivity index (χ4n) is 6.02. The third-order valence-electron chi connectivity index (χ3n) is 7.85. The minimum Gasteiger partial charge on any atom is -0.391 e. The molecule has 0 unspecified atom stereocenters. The molecular formula is C24H42O6Si. The van der Waals surface area contributed by atoms with Gasteiger partial charge in [-0.1, -0.05) is 47.6 Å². The highest BCUT2D eigenvalue weighted by Crippen LogP contribution is 2.55. The highest BCUT2D eigenvalue weighted by Gasteiger charge is 2.64. The lowest BCUT2D eigenvalue weighted by Crippen LogP contribution is -2.69. The van der Waals surface area contributed by atoms with Crippen LogP contribution in [0.4, 0.5) is 0 Å². The van der Waals surface area contributed by atoms with E-state index < -0.39 is 14.2 Å². The van der Waals surface area contributed by atoms with Crippen molar-refractivity contribution in [2.45, 2.75) is 133 Å². The Bertz CT molecular complexity index is 696. The van der Waals surface area contributed by atoms with Crippen molar-refractivity contribution in [2.75, 3.05) is 6.61 Å². The van der Waals surface area contributed by atoms with Crippen molar-refractivity contribution in [1.29, 1.82) is 0 Å². The minimum atomic E-state index is -2.55. The van der Waals surface area contributed by atoms with Gasteiger partial charge in [0.2, 0.25) is 0 Å². The largest absolute Gasteiger partial charge is 0.391 e. The van der Waals surface area contributed by atoms with Gasteiger partial charge < -0.3 is 28.2 Å². The van der Waals surface area contributed by atoms with Gasteiger partial charge in [0.15, 0.2) is 0 Å². The van der Waals surface area contributed by atoms with E-state index in [1.165, 1.54) is 0 Å². The maximum absolute atomic E-state index is 11.1. The molecule has 4 fully saturated rings. The fraction of sp³-hybridized carbons (Fsp3) is 0.917. The molecule has 4 aliphatic rings. The van der Waals surface area contributed by atoms with Gasteiger partial charge in [0.25, 0.3) is 0 Å². The first-order chi connectivity index (χ1) is 14.1. The summed E-state index contributed by atoms with van der Waals surface area (Å²) in [6.07, 6.45) is 3.15. The van der Waals surface area contributed by atoms with Gasteiger partial charge in [0, 0.05) is 29.3 Å². The van der Waals surface area contributed by atoms with Crippen molar-refractivity contribution in [3.63, 3.8) is 0 Å². The van der Waals surface area contributed by atoms with Crippen LogP contribution in [0.2, 0.25) is 10.1 Å². The standard InChI is InChI=1S/C24H42O6Si/c1-10-24(9)20(29-24)12-19-23(8,25)13-17-15(28-19)11-16-18(27-17)14-26-31(30-16,21(2,3)4)22(5,6)7/h10,15-20,25H,1,11-14H2,2-9H3/t15-,16+,17+,18-,19+,20-,23-,24-/m1/s1. The van der Waals surface area contributed by atoms with E-state index in [0.29, 0.717) is 19.4 Å². The molecule has 0 aliphatic carbocycles. The average molecular weight is 455 g/mol. The second-order valence-corrected chi connectivity index (χ2v) is 17.2. The normalized spacial score (nSPS) is 47.3. The Hall–Kier alpha value is -0.283. The van der Waals surface area contributed by atoms with Gasteiger partial charge in [-0.05, 0) is 13.8 Å². The molecule has 0 saturated carbocycles. The summed E-state index contributed by atoms with van der Waals surface area (Å²) in [5, 5.41) is 11.0. The molecule has 178 valence electrons. The molecule has 0 aromatic rings. The number of epoxide rings is 1. The lowest BCUT2D eigenvalue weighted by atomic mass is 9.81. The second-order valence-electron chi connectivity index (χ2n) is 12.5. The van der Waals surface area contributed by atoms with Crippen molar-refractivity contribution < 1.29 is 28.2 Å². The van der Waals surface area contributed by atoms with E-state index >= 15 is 0 Å². The number of hydrogen-bond acceptors (Lipinski definition) is 6. The van der Waals surface area contributed by atoms with Crippen LogP contribution in [-0.2, 0) is 23.1 Å². The molecular weight excluding hydrogens is 412 g/mol. The number of hydrogen-bond donors (Lipinski definition) is 1. The lowest BCUT2D eigenvalue weighted by Gasteiger charge is -2.58. The SMILES string of the molecule is C=C[C@@]1(C)O[C@@H]1C[C@@H]1O[C@@H]2C[C@@H]3O[Si](C(C)(C)C)(C(C)(C)C)OC[C@H]3O[C@H]2C[C@@]1(C)O. The van der Waals surface area contributed by atoms with Gasteiger partial charge in [-0.3, -0.25) is 0 Å². The van der Waals surface area contributed by atoms with Gasteiger partial charge in [0.05, 0.1) is 42.7 Å². The topological polar surface area (TPSA) is 69.7 Å². The first-order valence-electron chi connectivity index (χ1n) is 11.8. The number of rotatable bonds is 3. The summed E-state index contributed by atoms with van der Waals surface area (Å²) < 4.78 is 32.2. The Morgan fingerprint density at radius 1 is 0.968 bits per heavy atom. The van der Waals surface area contributed by atoms with E-state index in [1.54, 1.807) is 0 Å². The minimum absolute atomic E-state index is 0.0384. The van der Waals surface area contributed by atoms with Crippen molar-refractivity contribution in [2.24, 2.45) is 0 Å². The van der Waals surface area contributed by atoms with Gasteiger partial charge in [-0.15, -0.1) is 6.58 Å². The fourth-order valence-corrected chi connectivity index (χ4v) is 11.0. The number of fused-ring (bicyclic) bond motifs is 2. The Morgan fingerprint density at radius 3 is 2.16 bits per heavy atom. The molecule has 4 saturated heterocycles. The summed E-state index contributed by atoms with van der Waals surface area (Å²) in [4.78, 5) is 0. The van der Waals surface area contributed by atoms with Crippen LogP contribution in [0.3, 0.4) is 0 Å². The maximum atomic E-state index is 11.1. The molecule has 1 N–H and O–H groups in total. The summed E-state index contributed by atoms with van der Waals surface area (Å²) >= 11 is 0. The number of ether oxygens (including phenoxy) is 3. The highest BCUT2D eigenvalue weighted by atomic mass is 28.4. The molecule has 7 heteroatoms. The Balaban J connectivity index is 1.50. The van der Waals surface area contributed by atoms with Crippen LogP contribution in [0.15, 0.2) is 12.7 Å². The zero-order valence-electron chi connectivity index (χ0n) is 20.6. The lowest BCUT2D eigenvalue weighted by molar-refractivity contribution is -0.277. The molecule has 0 amide bonds. The van der Waals surface area contributed by atoms with E-state index in [9.17, 15) is 5.11 Å². The average Bonchev–Trinajstić information content (AvgIpc) is 3.28. The quantitative estimate of drug-likeness (QED) is 0.391. The molecule has 31 heavy (non-hydrogen) atoms. The van der Waals surface area contributed by atoms with Crippen molar-refractivity contribution in [3.8, 4) is 0 Å². The molecule has 0 aromatic carbocycles. The van der Waals surface area contributed by atoms with Gasteiger partial charge in [0.1, 0.15) is 11.7 Å². The first kappa shape index (κ1) is 23.9. The Labute approximate surface area is 188 Å². The van der Waals surface area contributed by atoms with Gasteiger partial charge in [-0.2, -0.15) is 0 Å².